The number of aliphatic hydroxyl groups is 1. The molecule has 1 heterocycles. The van der Waals surface area contributed by atoms with Crippen molar-refractivity contribution in [2.45, 2.75) is 37.7 Å². The number of amides is 1. The Morgan fingerprint density at radius 1 is 1.27 bits per heavy atom. The van der Waals surface area contributed by atoms with Gasteiger partial charge < -0.3 is 15.4 Å². The summed E-state index contributed by atoms with van der Waals surface area (Å²) in [5.74, 6) is -0.289. The van der Waals surface area contributed by atoms with E-state index in [4.69, 9.17) is 23.2 Å². The highest BCUT2D eigenvalue weighted by Crippen LogP contribution is 2.33. The molecular formula is C16H18Cl2N2O2. The van der Waals surface area contributed by atoms with Crippen molar-refractivity contribution < 1.29 is 9.90 Å². The first-order valence-electron chi connectivity index (χ1n) is 7.46. The number of carbonyl (C=O) groups excluding carboxylic acids is 1. The van der Waals surface area contributed by atoms with Crippen LogP contribution in [0.3, 0.4) is 0 Å². The molecule has 4 nitrogen and oxygen atoms in total. The molecule has 0 bridgehead atoms. The molecule has 0 spiro atoms. The Labute approximate surface area is 138 Å². The van der Waals surface area contributed by atoms with Crippen LogP contribution in [0.5, 0.6) is 0 Å². The Morgan fingerprint density at radius 2 is 2.00 bits per heavy atom. The number of aromatic amines is 1. The molecule has 0 unspecified atom stereocenters. The van der Waals surface area contributed by atoms with E-state index in [0.29, 0.717) is 21.0 Å². The molecule has 1 fully saturated rings. The number of carbonyl (C=O) groups is 1. The third-order valence-electron chi connectivity index (χ3n) is 4.34. The molecule has 3 N–H and O–H groups in total. The average molecular weight is 341 g/mol. The van der Waals surface area contributed by atoms with Crippen LogP contribution in [0, 0.1) is 0 Å². The molecule has 0 saturated heterocycles. The lowest BCUT2D eigenvalue weighted by Crippen LogP contribution is -2.44. The molecule has 1 aromatic heterocycles. The average Bonchev–Trinajstić information content (AvgIpc) is 2.88. The van der Waals surface area contributed by atoms with Crippen molar-refractivity contribution in [1.29, 1.82) is 0 Å². The quantitative estimate of drug-likeness (QED) is 0.793. The second-order valence-electron chi connectivity index (χ2n) is 5.95. The zero-order chi connectivity index (χ0) is 15.7. The van der Waals surface area contributed by atoms with Gasteiger partial charge in [-0.15, -0.1) is 0 Å². The number of nitrogens with one attached hydrogen (secondary N) is 2. The Kier molecular flexibility index (Phi) is 4.35. The van der Waals surface area contributed by atoms with E-state index in [2.05, 4.69) is 10.3 Å². The van der Waals surface area contributed by atoms with Crippen molar-refractivity contribution in [2.75, 3.05) is 6.54 Å². The van der Waals surface area contributed by atoms with E-state index < -0.39 is 5.60 Å². The minimum atomic E-state index is -0.795. The number of benzene rings is 1. The van der Waals surface area contributed by atoms with E-state index in [0.717, 1.165) is 37.6 Å². The van der Waals surface area contributed by atoms with Gasteiger partial charge in [0.15, 0.2) is 0 Å². The van der Waals surface area contributed by atoms with Crippen LogP contribution < -0.4 is 5.32 Å². The number of hydrogen-bond donors (Lipinski definition) is 3. The summed E-state index contributed by atoms with van der Waals surface area (Å²) in [6.45, 7) is 0.251. The fourth-order valence-corrected chi connectivity index (χ4v) is 3.70. The van der Waals surface area contributed by atoms with Gasteiger partial charge in [-0.25, -0.2) is 0 Å². The van der Waals surface area contributed by atoms with Crippen LogP contribution in [0.1, 0.15) is 42.5 Å². The molecule has 1 aromatic carbocycles. The van der Waals surface area contributed by atoms with Crippen LogP contribution in [0.4, 0.5) is 0 Å². The highest BCUT2D eigenvalue weighted by molar-refractivity contribution is 6.44. The van der Waals surface area contributed by atoms with Crippen molar-refractivity contribution in [1.82, 2.24) is 10.3 Å². The minimum Gasteiger partial charge on any atom is -0.388 e. The minimum absolute atomic E-state index is 0.251. The summed E-state index contributed by atoms with van der Waals surface area (Å²) in [7, 11) is 0. The van der Waals surface area contributed by atoms with E-state index in [1.807, 2.05) is 0 Å². The van der Waals surface area contributed by atoms with Gasteiger partial charge in [0, 0.05) is 23.6 Å². The molecule has 0 aliphatic heterocycles. The molecule has 0 atom stereocenters. The third kappa shape index (κ3) is 2.96. The highest BCUT2D eigenvalue weighted by atomic mass is 35.5. The predicted molar refractivity (Wildman–Crippen MR) is 88.7 cm³/mol. The van der Waals surface area contributed by atoms with Gasteiger partial charge in [0.1, 0.15) is 0 Å². The lowest BCUT2D eigenvalue weighted by molar-refractivity contribution is 0.00526. The Hall–Kier alpha value is -1.23. The molecule has 1 aliphatic carbocycles. The summed E-state index contributed by atoms with van der Waals surface area (Å²) in [6.07, 6.45) is 6.23. The van der Waals surface area contributed by atoms with Crippen LogP contribution >= 0.6 is 23.2 Å². The van der Waals surface area contributed by atoms with E-state index in [9.17, 15) is 9.90 Å². The monoisotopic (exact) mass is 340 g/mol. The summed E-state index contributed by atoms with van der Waals surface area (Å²) < 4.78 is 0. The number of fused-ring (bicyclic) bond motifs is 1. The van der Waals surface area contributed by atoms with Gasteiger partial charge in [0.2, 0.25) is 0 Å². The summed E-state index contributed by atoms with van der Waals surface area (Å²) in [6, 6.07) is 3.44. The zero-order valence-electron chi connectivity index (χ0n) is 12.1. The second kappa shape index (κ2) is 6.11. The topological polar surface area (TPSA) is 65.1 Å². The maximum Gasteiger partial charge on any atom is 0.252 e. The van der Waals surface area contributed by atoms with E-state index in [-0.39, 0.29) is 12.5 Å². The van der Waals surface area contributed by atoms with Crippen molar-refractivity contribution in [3.05, 3.63) is 33.9 Å². The summed E-state index contributed by atoms with van der Waals surface area (Å²) in [5, 5.41) is 14.7. The van der Waals surface area contributed by atoms with Gasteiger partial charge in [-0.1, -0.05) is 42.5 Å². The fraction of sp³-hybridized carbons (Fsp3) is 0.438. The van der Waals surface area contributed by atoms with E-state index >= 15 is 0 Å². The van der Waals surface area contributed by atoms with Crippen LogP contribution in [0.25, 0.3) is 10.9 Å². The van der Waals surface area contributed by atoms with Crippen molar-refractivity contribution >= 4 is 40.0 Å². The fourth-order valence-electron chi connectivity index (χ4n) is 3.05. The first-order valence-corrected chi connectivity index (χ1v) is 8.21. The Bertz CT molecular complexity index is 705. The van der Waals surface area contributed by atoms with Crippen molar-refractivity contribution in [3.63, 3.8) is 0 Å². The van der Waals surface area contributed by atoms with E-state index in [1.165, 1.54) is 0 Å². The van der Waals surface area contributed by atoms with E-state index in [1.54, 1.807) is 18.3 Å². The number of hydrogen-bond acceptors (Lipinski definition) is 2. The predicted octanol–water partition coefficient (Wildman–Crippen LogP) is 3.90. The number of rotatable bonds is 3. The first-order chi connectivity index (χ1) is 10.5. The zero-order valence-corrected chi connectivity index (χ0v) is 13.6. The molecule has 22 heavy (non-hydrogen) atoms. The maximum atomic E-state index is 12.4. The molecule has 118 valence electrons. The van der Waals surface area contributed by atoms with Gasteiger partial charge in [0.25, 0.3) is 5.91 Å². The standard InChI is InChI=1S/C16H18Cl2N2O2/c17-11-8-19-12-5-4-10(14(18)13(11)12)15(21)20-9-16(22)6-2-1-3-7-16/h4-5,8,19,22H,1-3,6-7,9H2,(H,20,21). The van der Waals surface area contributed by atoms with Gasteiger partial charge in [-0.05, 0) is 25.0 Å². The van der Waals surface area contributed by atoms with Gasteiger partial charge >= 0.3 is 0 Å². The van der Waals surface area contributed by atoms with Gasteiger partial charge in [-0.2, -0.15) is 0 Å². The molecule has 1 amide bonds. The summed E-state index contributed by atoms with van der Waals surface area (Å²) >= 11 is 12.4. The molecule has 0 radical (unpaired) electrons. The van der Waals surface area contributed by atoms with Crippen LogP contribution in [0.15, 0.2) is 18.3 Å². The Morgan fingerprint density at radius 3 is 2.73 bits per heavy atom. The summed E-state index contributed by atoms with van der Waals surface area (Å²) in [4.78, 5) is 15.4. The van der Waals surface area contributed by atoms with Crippen molar-refractivity contribution in [3.8, 4) is 0 Å². The molecule has 2 aromatic rings. The lowest BCUT2D eigenvalue weighted by atomic mass is 9.85. The SMILES string of the molecule is O=C(NCC1(O)CCCCC1)c1ccc2[nH]cc(Cl)c2c1Cl. The number of aromatic nitrogens is 1. The van der Waals surface area contributed by atoms with Crippen LogP contribution in [-0.2, 0) is 0 Å². The van der Waals surface area contributed by atoms with Gasteiger partial charge in [0.05, 0.1) is 21.2 Å². The largest absolute Gasteiger partial charge is 0.388 e. The molecule has 1 aliphatic rings. The summed E-state index contributed by atoms with van der Waals surface area (Å²) in [5.41, 5.74) is 0.364. The number of H-pyrrole nitrogens is 1. The first kappa shape index (κ1) is 15.7. The normalized spacial score (nSPS) is 17.6. The highest BCUT2D eigenvalue weighted by Gasteiger charge is 2.29. The lowest BCUT2D eigenvalue weighted by Gasteiger charge is -2.32. The van der Waals surface area contributed by atoms with Crippen molar-refractivity contribution in [2.24, 2.45) is 0 Å². The Balaban J connectivity index is 1.77. The second-order valence-corrected chi connectivity index (χ2v) is 6.74. The third-order valence-corrected chi connectivity index (χ3v) is 5.03. The molecule has 3 rings (SSSR count). The number of halogens is 2. The molecule has 6 heteroatoms. The maximum absolute atomic E-state index is 12.4. The molecule has 1 saturated carbocycles. The smallest absolute Gasteiger partial charge is 0.252 e. The molecular weight excluding hydrogens is 323 g/mol. The van der Waals surface area contributed by atoms with Gasteiger partial charge in [-0.3, -0.25) is 4.79 Å². The van der Waals surface area contributed by atoms with Crippen LogP contribution in [0.2, 0.25) is 10.0 Å². The van der Waals surface area contributed by atoms with Crippen LogP contribution in [-0.4, -0.2) is 28.1 Å².